The van der Waals surface area contributed by atoms with Crippen LogP contribution in [0.3, 0.4) is 0 Å². The Morgan fingerprint density at radius 1 is 1.11 bits per heavy atom. The van der Waals surface area contributed by atoms with Crippen molar-refractivity contribution in [3.05, 3.63) is 27.2 Å². The fourth-order valence-corrected chi connectivity index (χ4v) is 3.89. The first-order valence-electron chi connectivity index (χ1n) is 6.94. The van der Waals surface area contributed by atoms with Crippen LogP contribution in [0.5, 0.6) is 5.75 Å². The molecule has 3 heteroatoms. The summed E-state index contributed by atoms with van der Waals surface area (Å²) in [4.78, 5) is 0. The molecule has 3 rings (SSSR count). The number of hydrogen-bond acceptors (Lipinski definition) is 2. The molecule has 18 heavy (non-hydrogen) atoms. The van der Waals surface area contributed by atoms with Crippen LogP contribution in [-0.4, -0.2) is 5.11 Å². The molecule has 0 spiro atoms. The number of phenolic OH excluding ortho intramolecular Hbond substituents is 1. The minimum Gasteiger partial charge on any atom is -0.506 e. The number of nitrogens with two attached hydrogens (primary N) is 1. The number of phenols is 1. The van der Waals surface area contributed by atoms with Crippen molar-refractivity contribution in [1.82, 2.24) is 0 Å². The lowest BCUT2D eigenvalue weighted by molar-refractivity contribution is 0.245. The summed E-state index contributed by atoms with van der Waals surface area (Å²) < 4.78 is 0.897. The standard InChI is InChI=1S/C15H20BrNO/c16-13-11-6-3-1-2-5-10(11)9-12(14(13)18)15(17)7-4-8-15/h9,18H,1-8,17H2. The van der Waals surface area contributed by atoms with E-state index in [0.717, 1.165) is 35.7 Å². The first-order chi connectivity index (χ1) is 8.62. The van der Waals surface area contributed by atoms with Gasteiger partial charge < -0.3 is 10.8 Å². The van der Waals surface area contributed by atoms with Crippen LogP contribution in [0.15, 0.2) is 10.5 Å². The summed E-state index contributed by atoms with van der Waals surface area (Å²) in [5, 5.41) is 10.4. The lowest BCUT2D eigenvalue weighted by atomic mass is 9.71. The van der Waals surface area contributed by atoms with Gasteiger partial charge in [0, 0.05) is 11.1 Å². The van der Waals surface area contributed by atoms with Crippen LogP contribution >= 0.6 is 15.9 Å². The van der Waals surface area contributed by atoms with Gasteiger partial charge in [0.15, 0.2) is 0 Å². The van der Waals surface area contributed by atoms with Gasteiger partial charge >= 0.3 is 0 Å². The van der Waals surface area contributed by atoms with Crippen molar-refractivity contribution in [2.75, 3.05) is 0 Å². The van der Waals surface area contributed by atoms with Crippen molar-refractivity contribution in [1.29, 1.82) is 0 Å². The lowest BCUT2D eigenvalue weighted by Gasteiger charge is -2.39. The molecule has 0 saturated heterocycles. The molecule has 1 saturated carbocycles. The molecule has 0 aromatic heterocycles. The maximum atomic E-state index is 10.4. The van der Waals surface area contributed by atoms with E-state index in [1.807, 2.05) is 0 Å². The minimum atomic E-state index is -0.284. The molecule has 0 radical (unpaired) electrons. The molecule has 0 aliphatic heterocycles. The van der Waals surface area contributed by atoms with E-state index >= 15 is 0 Å². The van der Waals surface area contributed by atoms with Crippen molar-refractivity contribution in [3.8, 4) is 5.75 Å². The van der Waals surface area contributed by atoms with Gasteiger partial charge in [0.1, 0.15) is 5.75 Å². The number of benzene rings is 1. The average molecular weight is 310 g/mol. The Hall–Kier alpha value is -0.540. The Kier molecular flexibility index (Phi) is 3.15. The third-order valence-corrected chi connectivity index (χ3v) is 5.44. The molecular weight excluding hydrogens is 290 g/mol. The molecule has 0 atom stereocenters. The van der Waals surface area contributed by atoms with Gasteiger partial charge in [-0.05, 0) is 78.1 Å². The molecule has 0 unspecified atom stereocenters. The molecule has 2 aliphatic rings. The number of rotatable bonds is 1. The van der Waals surface area contributed by atoms with E-state index in [1.165, 1.54) is 36.8 Å². The summed E-state index contributed by atoms with van der Waals surface area (Å²) >= 11 is 3.59. The van der Waals surface area contributed by atoms with Crippen molar-refractivity contribution in [2.45, 2.75) is 56.9 Å². The van der Waals surface area contributed by atoms with Gasteiger partial charge in [-0.2, -0.15) is 0 Å². The van der Waals surface area contributed by atoms with Gasteiger partial charge in [-0.1, -0.05) is 6.42 Å². The van der Waals surface area contributed by atoms with Gasteiger partial charge in [0.05, 0.1) is 4.47 Å². The molecule has 98 valence electrons. The Bertz CT molecular complexity index is 480. The number of aryl methyl sites for hydroxylation is 1. The van der Waals surface area contributed by atoms with E-state index in [-0.39, 0.29) is 5.54 Å². The van der Waals surface area contributed by atoms with Crippen LogP contribution in [0.25, 0.3) is 0 Å². The van der Waals surface area contributed by atoms with Crippen LogP contribution < -0.4 is 5.73 Å². The number of fused-ring (bicyclic) bond motifs is 1. The molecule has 0 heterocycles. The van der Waals surface area contributed by atoms with Gasteiger partial charge in [-0.25, -0.2) is 0 Å². The molecule has 3 N–H and O–H groups in total. The monoisotopic (exact) mass is 309 g/mol. The number of aromatic hydroxyl groups is 1. The maximum Gasteiger partial charge on any atom is 0.135 e. The zero-order valence-electron chi connectivity index (χ0n) is 10.6. The Morgan fingerprint density at radius 2 is 1.83 bits per heavy atom. The van der Waals surface area contributed by atoms with E-state index in [9.17, 15) is 5.11 Å². The molecule has 1 fully saturated rings. The second-order valence-electron chi connectivity index (χ2n) is 5.79. The smallest absolute Gasteiger partial charge is 0.135 e. The Balaban J connectivity index is 2.11. The normalized spacial score (nSPS) is 21.9. The highest BCUT2D eigenvalue weighted by Gasteiger charge is 2.38. The average Bonchev–Trinajstić information content (AvgIpc) is 2.56. The quantitative estimate of drug-likeness (QED) is 0.776. The summed E-state index contributed by atoms with van der Waals surface area (Å²) in [6.07, 6.45) is 9.10. The highest BCUT2D eigenvalue weighted by atomic mass is 79.9. The van der Waals surface area contributed by atoms with Crippen molar-refractivity contribution in [3.63, 3.8) is 0 Å². The molecular formula is C15H20BrNO. The van der Waals surface area contributed by atoms with Crippen molar-refractivity contribution < 1.29 is 5.11 Å². The third-order valence-electron chi connectivity index (χ3n) is 4.59. The highest BCUT2D eigenvalue weighted by molar-refractivity contribution is 9.10. The molecule has 2 nitrogen and oxygen atoms in total. The zero-order valence-corrected chi connectivity index (χ0v) is 12.2. The van der Waals surface area contributed by atoms with Gasteiger partial charge in [-0.3, -0.25) is 0 Å². The largest absolute Gasteiger partial charge is 0.506 e. The Labute approximate surface area is 117 Å². The number of halogens is 1. The second kappa shape index (κ2) is 4.53. The summed E-state index contributed by atoms with van der Waals surface area (Å²) in [6.45, 7) is 0. The third kappa shape index (κ3) is 1.88. The first kappa shape index (κ1) is 12.5. The Morgan fingerprint density at radius 3 is 2.50 bits per heavy atom. The van der Waals surface area contributed by atoms with E-state index in [1.54, 1.807) is 0 Å². The summed E-state index contributed by atoms with van der Waals surface area (Å²) in [5.74, 6) is 0.387. The van der Waals surface area contributed by atoms with Crippen LogP contribution in [0, 0.1) is 0 Å². The lowest BCUT2D eigenvalue weighted by Crippen LogP contribution is -2.43. The van der Waals surface area contributed by atoms with Crippen LogP contribution in [0.2, 0.25) is 0 Å². The summed E-state index contributed by atoms with van der Waals surface area (Å²) in [6, 6.07) is 2.18. The molecule has 2 aliphatic carbocycles. The minimum absolute atomic E-state index is 0.284. The van der Waals surface area contributed by atoms with Gasteiger partial charge in [-0.15, -0.1) is 0 Å². The van der Waals surface area contributed by atoms with Gasteiger partial charge in [0.2, 0.25) is 0 Å². The summed E-state index contributed by atoms with van der Waals surface area (Å²) in [7, 11) is 0. The van der Waals surface area contributed by atoms with Gasteiger partial charge in [0.25, 0.3) is 0 Å². The molecule has 1 aromatic rings. The molecule has 0 amide bonds. The highest BCUT2D eigenvalue weighted by Crippen LogP contribution is 2.47. The predicted molar refractivity (Wildman–Crippen MR) is 76.8 cm³/mol. The molecule has 0 bridgehead atoms. The topological polar surface area (TPSA) is 46.2 Å². The van der Waals surface area contributed by atoms with E-state index < -0.39 is 0 Å². The SMILES string of the molecule is NC1(c2cc3c(c(Br)c2O)CCCCC3)CCC1. The number of hydrogen-bond donors (Lipinski definition) is 2. The van der Waals surface area contributed by atoms with E-state index in [0.29, 0.717) is 5.75 Å². The van der Waals surface area contributed by atoms with E-state index in [2.05, 4.69) is 22.0 Å². The molecule has 1 aromatic carbocycles. The first-order valence-corrected chi connectivity index (χ1v) is 7.74. The second-order valence-corrected chi connectivity index (χ2v) is 6.59. The van der Waals surface area contributed by atoms with Crippen LogP contribution in [0.1, 0.15) is 55.2 Å². The maximum absolute atomic E-state index is 10.4. The van der Waals surface area contributed by atoms with Crippen molar-refractivity contribution >= 4 is 15.9 Å². The van der Waals surface area contributed by atoms with E-state index in [4.69, 9.17) is 5.73 Å². The predicted octanol–water partition coefficient (Wildman–Crippen LogP) is 3.76. The fourth-order valence-electron chi connectivity index (χ4n) is 3.23. The van der Waals surface area contributed by atoms with Crippen molar-refractivity contribution in [2.24, 2.45) is 5.73 Å². The summed E-state index contributed by atoms with van der Waals surface area (Å²) in [5.41, 5.74) is 9.76. The van der Waals surface area contributed by atoms with Crippen LogP contribution in [-0.2, 0) is 18.4 Å². The fraction of sp³-hybridized carbons (Fsp3) is 0.600. The van der Waals surface area contributed by atoms with Crippen LogP contribution in [0.4, 0.5) is 0 Å². The zero-order chi connectivity index (χ0) is 12.8.